The first kappa shape index (κ1) is 54.6. The van der Waals surface area contributed by atoms with Crippen LogP contribution in [0.5, 0.6) is 0 Å². The van der Waals surface area contributed by atoms with Crippen molar-refractivity contribution in [3.05, 3.63) is 58.0 Å². The molecule has 2 saturated carbocycles. The molecule has 0 radical (unpaired) electrons. The Morgan fingerprint density at radius 2 is 1.09 bits per heavy atom. The van der Waals surface area contributed by atoms with E-state index in [4.69, 9.17) is 9.97 Å². The second-order valence-electron chi connectivity index (χ2n) is 16.9. The molecular formula is C47H73FN8O4S6. The highest BCUT2D eigenvalue weighted by Crippen LogP contribution is 2.43. The van der Waals surface area contributed by atoms with E-state index in [2.05, 4.69) is 44.3 Å². The van der Waals surface area contributed by atoms with Crippen molar-refractivity contribution in [3.63, 3.8) is 0 Å². The standard InChI is InChI=1S/C23H33FN4O2S3.C22H32N4O2S3.2CH4/c1-3-28(4-2)33(29,30)26-15-17-7-5-16(6-8-17)14-25-23-27-22-19-13-18(24)9-10-20(19)31-12-11-21(22)32-23;1-3-26(4-2)31(27,28)23-15-16-9-11-17(12-10-16)24-22-25-21-18-7-5-6-8-19(18)29-14-13-20(21)30-22;;/h9-10,13,16-17,26H,3-8,11-12,14-15H2,1-2H3,(H,25,27);5-8,16-17,23H,3-4,9-15H2,1-2H3,(H,24,25);2*1H4. The minimum absolute atomic E-state index is 0. The molecule has 4 aliphatic rings. The molecule has 2 fully saturated rings. The van der Waals surface area contributed by atoms with Gasteiger partial charge in [-0.1, -0.05) is 60.7 Å². The fraction of sp³-hybridized carbons (Fsp3) is 0.617. The molecule has 0 bridgehead atoms. The summed E-state index contributed by atoms with van der Waals surface area (Å²) < 4.78 is 71.8. The van der Waals surface area contributed by atoms with Crippen LogP contribution in [0.3, 0.4) is 0 Å². The van der Waals surface area contributed by atoms with Crippen LogP contribution in [0.25, 0.3) is 22.5 Å². The van der Waals surface area contributed by atoms with Gasteiger partial charge >= 0.3 is 0 Å². The maximum absolute atomic E-state index is 13.9. The Kier molecular flexibility index (Phi) is 21.1. The monoisotopic (exact) mass is 1020 g/mol. The lowest BCUT2D eigenvalue weighted by Crippen LogP contribution is -2.43. The normalized spacial score (nSPS) is 20.5. The number of benzene rings is 2. The number of fused-ring (bicyclic) bond motifs is 6. The highest BCUT2D eigenvalue weighted by atomic mass is 32.2. The van der Waals surface area contributed by atoms with E-state index in [9.17, 15) is 21.2 Å². The van der Waals surface area contributed by atoms with E-state index in [0.29, 0.717) is 63.1 Å². The van der Waals surface area contributed by atoms with E-state index in [-0.39, 0.29) is 20.7 Å². The second-order valence-corrected chi connectivity index (χ2v) is 24.9. The maximum atomic E-state index is 13.9. The molecule has 66 heavy (non-hydrogen) atoms. The SMILES string of the molecule is C.C.CCN(CC)S(=O)(=O)NCC1CCC(CNc2nc3c(s2)CCSc2ccc(F)cc2-3)CC1.CCN(CC)S(=O)(=O)NCC1CCC(Nc2nc3c(s2)CCSc2ccccc2-3)CC1. The highest BCUT2D eigenvalue weighted by molar-refractivity contribution is 7.99. The minimum Gasteiger partial charge on any atom is -0.361 e. The van der Waals surface area contributed by atoms with Crippen LogP contribution in [0, 0.1) is 23.6 Å². The molecule has 0 amide bonds. The Morgan fingerprint density at radius 1 is 0.621 bits per heavy atom. The number of anilines is 2. The first-order valence-electron chi connectivity index (χ1n) is 23.0. The molecule has 2 aliphatic carbocycles. The number of nitrogens with zero attached hydrogens (tertiary/aromatic N) is 4. The van der Waals surface area contributed by atoms with Gasteiger partial charge in [-0.15, -0.1) is 46.2 Å². The zero-order valence-electron chi connectivity index (χ0n) is 37.5. The van der Waals surface area contributed by atoms with Gasteiger partial charge in [-0.05, 0) is 106 Å². The highest BCUT2D eigenvalue weighted by Gasteiger charge is 2.28. The summed E-state index contributed by atoms with van der Waals surface area (Å²) in [5.74, 6) is 3.22. The third kappa shape index (κ3) is 14.1. The molecule has 4 heterocycles. The van der Waals surface area contributed by atoms with Crippen molar-refractivity contribution >= 4 is 76.9 Å². The lowest BCUT2D eigenvalue weighted by Gasteiger charge is -2.29. The number of aromatic nitrogens is 2. The lowest BCUT2D eigenvalue weighted by atomic mass is 9.82. The second kappa shape index (κ2) is 25.5. The average molecular weight is 1030 g/mol. The zero-order valence-corrected chi connectivity index (χ0v) is 42.4. The Labute approximate surface area is 412 Å². The van der Waals surface area contributed by atoms with Crippen molar-refractivity contribution in [2.75, 3.05) is 68.0 Å². The van der Waals surface area contributed by atoms with Crippen molar-refractivity contribution < 1.29 is 21.2 Å². The van der Waals surface area contributed by atoms with E-state index >= 15 is 0 Å². The molecule has 368 valence electrons. The molecule has 8 rings (SSSR count). The van der Waals surface area contributed by atoms with Gasteiger partial charge in [-0.25, -0.2) is 23.8 Å². The molecule has 0 unspecified atom stereocenters. The van der Waals surface area contributed by atoms with Crippen LogP contribution in [0.4, 0.5) is 14.7 Å². The van der Waals surface area contributed by atoms with E-state index in [1.54, 1.807) is 40.5 Å². The van der Waals surface area contributed by atoms with Crippen LogP contribution in [-0.4, -0.2) is 98.8 Å². The summed E-state index contributed by atoms with van der Waals surface area (Å²) in [7, 11) is -6.73. The van der Waals surface area contributed by atoms with Gasteiger partial charge in [0.15, 0.2) is 10.3 Å². The maximum Gasteiger partial charge on any atom is 0.279 e. The third-order valence-electron chi connectivity index (χ3n) is 12.8. The van der Waals surface area contributed by atoms with Gasteiger partial charge in [0, 0.05) is 94.0 Å². The van der Waals surface area contributed by atoms with Crippen molar-refractivity contribution in [2.45, 2.75) is 123 Å². The number of hydrogen-bond acceptors (Lipinski definition) is 12. The number of thiazole rings is 2. The number of thioether (sulfide) groups is 2. The predicted octanol–water partition coefficient (Wildman–Crippen LogP) is 10.9. The summed E-state index contributed by atoms with van der Waals surface area (Å²) in [6.07, 6.45) is 10.4. The van der Waals surface area contributed by atoms with E-state index in [1.807, 2.05) is 45.5 Å². The number of halogens is 1. The van der Waals surface area contributed by atoms with E-state index in [0.717, 1.165) is 114 Å². The Balaban J connectivity index is 0.000000241. The Morgan fingerprint density at radius 3 is 1.65 bits per heavy atom. The summed E-state index contributed by atoms with van der Waals surface area (Å²) >= 11 is 7.16. The smallest absolute Gasteiger partial charge is 0.279 e. The molecule has 0 atom stereocenters. The van der Waals surface area contributed by atoms with Crippen LogP contribution in [-0.2, 0) is 33.3 Å². The molecular weight excluding hydrogens is 952 g/mol. The lowest BCUT2D eigenvalue weighted by molar-refractivity contribution is 0.282. The predicted molar refractivity (Wildman–Crippen MR) is 280 cm³/mol. The summed E-state index contributed by atoms with van der Waals surface area (Å²) in [5.41, 5.74) is 4.23. The van der Waals surface area contributed by atoms with Crippen molar-refractivity contribution in [1.29, 1.82) is 0 Å². The van der Waals surface area contributed by atoms with Gasteiger partial charge in [0.05, 0.1) is 11.4 Å². The van der Waals surface area contributed by atoms with Gasteiger partial charge < -0.3 is 10.6 Å². The fourth-order valence-corrected chi connectivity index (χ4v) is 16.0. The number of nitrogens with one attached hydrogen (secondary N) is 4. The number of aryl methyl sites for hydroxylation is 2. The molecule has 12 nitrogen and oxygen atoms in total. The van der Waals surface area contributed by atoms with Crippen molar-refractivity contribution in [3.8, 4) is 22.5 Å². The molecule has 19 heteroatoms. The van der Waals surface area contributed by atoms with Crippen molar-refractivity contribution in [1.82, 2.24) is 28.0 Å². The average Bonchev–Trinajstić information content (AvgIpc) is 3.80. The summed E-state index contributed by atoms with van der Waals surface area (Å²) in [6.45, 7) is 11.4. The van der Waals surface area contributed by atoms with Gasteiger partial charge in [0.2, 0.25) is 0 Å². The summed E-state index contributed by atoms with van der Waals surface area (Å²) in [6, 6.07) is 14.0. The summed E-state index contributed by atoms with van der Waals surface area (Å²) in [5, 5.41) is 9.14. The molecule has 4 aromatic rings. The zero-order chi connectivity index (χ0) is 45.3. The first-order chi connectivity index (χ1) is 30.9. The fourth-order valence-electron chi connectivity index (χ4n) is 9.02. The van der Waals surface area contributed by atoms with Gasteiger partial charge in [0.25, 0.3) is 20.4 Å². The first-order valence-corrected chi connectivity index (χ1v) is 29.5. The quantitative estimate of drug-likeness (QED) is 0.0805. The van der Waals surface area contributed by atoms with Gasteiger partial charge in [-0.3, -0.25) is 0 Å². The molecule has 2 aromatic heterocycles. The summed E-state index contributed by atoms with van der Waals surface area (Å²) in [4.78, 5) is 14.8. The van der Waals surface area contributed by atoms with Crippen LogP contribution >= 0.6 is 46.2 Å². The molecule has 0 saturated heterocycles. The molecule has 2 aliphatic heterocycles. The van der Waals surface area contributed by atoms with E-state index < -0.39 is 20.4 Å². The van der Waals surface area contributed by atoms with Gasteiger partial charge in [-0.2, -0.15) is 25.4 Å². The van der Waals surface area contributed by atoms with Gasteiger partial charge in [0.1, 0.15) is 5.82 Å². The third-order valence-corrected chi connectivity index (χ3v) is 20.5. The van der Waals surface area contributed by atoms with E-state index in [1.165, 1.54) is 34.9 Å². The Bertz CT molecular complexity index is 2360. The molecule has 0 spiro atoms. The molecule has 4 N–H and O–H groups in total. The van der Waals surface area contributed by atoms with Crippen molar-refractivity contribution in [2.24, 2.45) is 17.8 Å². The topological polar surface area (TPSA) is 149 Å². The van der Waals surface area contributed by atoms with Crippen LogP contribution in [0.2, 0.25) is 0 Å². The van der Waals surface area contributed by atoms with Crippen LogP contribution < -0.4 is 20.1 Å². The largest absolute Gasteiger partial charge is 0.361 e. The molecule has 2 aromatic carbocycles. The van der Waals surface area contributed by atoms with Crippen LogP contribution in [0.1, 0.15) is 104 Å². The number of rotatable bonds is 17. The van der Waals surface area contributed by atoms with Crippen LogP contribution in [0.15, 0.2) is 52.3 Å². The minimum atomic E-state index is -3.37. The Hall–Kier alpha value is -2.33. The number of hydrogen-bond donors (Lipinski definition) is 4.